The van der Waals surface area contributed by atoms with Gasteiger partial charge in [-0.2, -0.15) is 0 Å². The number of carbonyl (C=O) groups excluding carboxylic acids is 1. The third-order valence-corrected chi connectivity index (χ3v) is 4.34. The van der Waals surface area contributed by atoms with Gasteiger partial charge >= 0.3 is 0 Å². The fraction of sp³-hybridized carbons (Fsp3) is 0.158. The number of rotatable bonds is 4. The number of hydrogen-bond acceptors (Lipinski definition) is 4. The van der Waals surface area contributed by atoms with Gasteiger partial charge < -0.3 is 9.88 Å². The maximum atomic E-state index is 13.4. The first-order valence-corrected chi connectivity index (χ1v) is 8.33. The first-order valence-electron chi connectivity index (χ1n) is 8.33. The van der Waals surface area contributed by atoms with Crippen molar-refractivity contribution in [3.63, 3.8) is 0 Å². The van der Waals surface area contributed by atoms with E-state index >= 15 is 0 Å². The van der Waals surface area contributed by atoms with Crippen LogP contribution in [-0.2, 0) is 17.9 Å². The minimum Gasteiger partial charge on any atom is -0.340 e. The van der Waals surface area contributed by atoms with Crippen LogP contribution < -0.4 is 5.56 Å². The van der Waals surface area contributed by atoms with Crippen LogP contribution in [0.15, 0.2) is 53.6 Å². The number of carbonyl (C=O) groups is 1. The highest BCUT2D eigenvalue weighted by Gasteiger charge is 2.14. The summed E-state index contributed by atoms with van der Waals surface area (Å²) >= 11 is 0. The molecule has 0 atom stereocenters. The molecule has 0 aliphatic heterocycles. The van der Waals surface area contributed by atoms with Gasteiger partial charge in [-0.3, -0.25) is 14.2 Å². The highest BCUT2D eigenvalue weighted by molar-refractivity contribution is 5.79. The smallest absolute Gasteiger partial charge is 0.261 e. The molecule has 0 radical (unpaired) electrons. The predicted molar refractivity (Wildman–Crippen MR) is 98.5 cm³/mol. The number of likely N-dealkylation sites (N-methyl/N-ethyl adjacent to an activating group) is 1. The lowest BCUT2D eigenvalue weighted by atomic mass is 10.2. The molecule has 0 aliphatic rings. The van der Waals surface area contributed by atoms with E-state index in [0.29, 0.717) is 11.3 Å². The normalized spacial score (nSPS) is 11.2. The Morgan fingerprint density at radius 1 is 1.22 bits per heavy atom. The Kier molecular flexibility index (Phi) is 4.15. The SMILES string of the molecule is CN(Cc1nc2ccccc2[nH]1)C(=O)Cn1cnc2ccc(F)cc2c1=O. The molecule has 8 heteroatoms. The summed E-state index contributed by atoms with van der Waals surface area (Å²) in [6, 6.07) is 11.4. The minimum absolute atomic E-state index is 0.144. The van der Waals surface area contributed by atoms with E-state index in [1.807, 2.05) is 24.3 Å². The van der Waals surface area contributed by atoms with E-state index in [2.05, 4.69) is 15.0 Å². The standard InChI is InChI=1S/C19H16FN5O2/c1-24(9-17-22-15-4-2-3-5-16(15)23-17)18(26)10-25-11-21-14-7-6-12(20)8-13(14)19(25)27/h2-8,11H,9-10H2,1H3,(H,22,23). The van der Waals surface area contributed by atoms with E-state index in [4.69, 9.17) is 0 Å². The van der Waals surface area contributed by atoms with Crippen molar-refractivity contribution in [2.45, 2.75) is 13.1 Å². The summed E-state index contributed by atoms with van der Waals surface area (Å²) in [4.78, 5) is 38.2. The van der Waals surface area contributed by atoms with Crippen LogP contribution in [0.4, 0.5) is 4.39 Å². The highest BCUT2D eigenvalue weighted by atomic mass is 19.1. The molecule has 2 aromatic carbocycles. The molecule has 136 valence electrons. The lowest BCUT2D eigenvalue weighted by Gasteiger charge is -2.16. The summed E-state index contributed by atoms with van der Waals surface area (Å²) in [5.41, 5.74) is 1.65. The molecule has 1 amide bonds. The first-order chi connectivity index (χ1) is 13.0. The quantitative estimate of drug-likeness (QED) is 0.600. The van der Waals surface area contributed by atoms with Crippen LogP contribution in [0.25, 0.3) is 21.9 Å². The van der Waals surface area contributed by atoms with Gasteiger partial charge in [0.25, 0.3) is 5.56 Å². The topological polar surface area (TPSA) is 83.9 Å². The zero-order valence-electron chi connectivity index (χ0n) is 14.5. The van der Waals surface area contributed by atoms with E-state index in [1.165, 1.54) is 27.9 Å². The number of H-pyrrole nitrogens is 1. The van der Waals surface area contributed by atoms with Gasteiger partial charge in [0.1, 0.15) is 18.2 Å². The Morgan fingerprint density at radius 2 is 2.04 bits per heavy atom. The molecule has 0 aliphatic carbocycles. The molecule has 0 saturated heterocycles. The van der Waals surface area contributed by atoms with E-state index < -0.39 is 11.4 Å². The van der Waals surface area contributed by atoms with Crippen molar-refractivity contribution in [2.75, 3.05) is 7.05 Å². The van der Waals surface area contributed by atoms with E-state index in [-0.39, 0.29) is 24.4 Å². The second-order valence-corrected chi connectivity index (χ2v) is 6.29. The molecule has 7 nitrogen and oxygen atoms in total. The Morgan fingerprint density at radius 3 is 2.85 bits per heavy atom. The number of imidazole rings is 1. The van der Waals surface area contributed by atoms with Crippen molar-refractivity contribution >= 4 is 27.8 Å². The number of nitrogens with zero attached hydrogens (tertiary/aromatic N) is 4. The average molecular weight is 365 g/mol. The largest absolute Gasteiger partial charge is 0.340 e. The Hall–Kier alpha value is -3.55. The number of aromatic nitrogens is 4. The van der Waals surface area contributed by atoms with Crippen molar-refractivity contribution in [2.24, 2.45) is 0 Å². The van der Waals surface area contributed by atoms with Crippen LogP contribution in [-0.4, -0.2) is 37.4 Å². The van der Waals surface area contributed by atoms with E-state index in [0.717, 1.165) is 17.1 Å². The molecule has 0 saturated carbocycles. The fourth-order valence-corrected chi connectivity index (χ4v) is 2.90. The maximum Gasteiger partial charge on any atom is 0.261 e. The third kappa shape index (κ3) is 3.29. The summed E-state index contributed by atoms with van der Waals surface area (Å²) in [7, 11) is 1.63. The number of benzene rings is 2. The van der Waals surface area contributed by atoms with Crippen LogP contribution >= 0.6 is 0 Å². The van der Waals surface area contributed by atoms with Crippen molar-refractivity contribution in [1.29, 1.82) is 0 Å². The molecule has 0 bridgehead atoms. The lowest BCUT2D eigenvalue weighted by molar-refractivity contribution is -0.131. The zero-order chi connectivity index (χ0) is 19.0. The molecule has 27 heavy (non-hydrogen) atoms. The van der Waals surface area contributed by atoms with Gasteiger partial charge in [-0.15, -0.1) is 0 Å². The van der Waals surface area contributed by atoms with Crippen molar-refractivity contribution in [3.05, 3.63) is 70.8 Å². The molecule has 4 rings (SSSR count). The average Bonchev–Trinajstić information content (AvgIpc) is 3.06. The zero-order valence-corrected chi connectivity index (χ0v) is 14.5. The number of halogens is 1. The predicted octanol–water partition coefficient (Wildman–Crippen LogP) is 2.07. The molecule has 0 fully saturated rings. The van der Waals surface area contributed by atoms with Crippen LogP contribution in [0.1, 0.15) is 5.82 Å². The van der Waals surface area contributed by atoms with Crippen LogP contribution in [0, 0.1) is 5.82 Å². The van der Waals surface area contributed by atoms with Gasteiger partial charge in [0.2, 0.25) is 5.91 Å². The van der Waals surface area contributed by atoms with Crippen molar-refractivity contribution in [3.8, 4) is 0 Å². The van der Waals surface area contributed by atoms with Crippen molar-refractivity contribution in [1.82, 2.24) is 24.4 Å². The molecule has 0 unspecified atom stereocenters. The van der Waals surface area contributed by atoms with E-state index in [9.17, 15) is 14.0 Å². The molecular weight excluding hydrogens is 349 g/mol. The van der Waals surface area contributed by atoms with Crippen molar-refractivity contribution < 1.29 is 9.18 Å². The highest BCUT2D eigenvalue weighted by Crippen LogP contribution is 2.12. The summed E-state index contributed by atoms with van der Waals surface area (Å²) in [5, 5.41) is 0.144. The number of fused-ring (bicyclic) bond motifs is 2. The van der Waals surface area contributed by atoms with Crippen LogP contribution in [0.5, 0.6) is 0 Å². The second-order valence-electron chi connectivity index (χ2n) is 6.29. The molecule has 0 spiro atoms. The fourth-order valence-electron chi connectivity index (χ4n) is 2.90. The van der Waals surface area contributed by atoms with Crippen LogP contribution in [0.2, 0.25) is 0 Å². The Balaban J connectivity index is 1.53. The third-order valence-electron chi connectivity index (χ3n) is 4.34. The second kappa shape index (κ2) is 6.64. The first kappa shape index (κ1) is 16.9. The molecule has 2 heterocycles. The maximum absolute atomic E-state index is 13.4. The number of amides is 1. The molecule has 4 aromatic rings. The van der Waals surface area contributed by atoms with Gasteiger partial charge in [-0.05, 0) is 30.3 Å². The summed E-state index contributed by atoms with van der Waals surface area (Å²) < 4.78 is 14.6. The van der Waals surface area contributed by atoms with Gasteiger partial charge in [-0.25, -0.2) is 14.4 Å². The van der Waals surface area contributed by atoms with E-state index in [1.54, 1.807) is 7.05 Å². The number of para-hydroxylation sites is 2. The molecule has 2 aromatic heterocycles. The van der Waals surface area contributed by atoms with Gasteiger partial charge in [-0.1, -0.05) is 12.1 Å². The number of nitrogens with one attached hydrogen (secondary N) is 1. The lowest BCUT2D eigenvalue weighted by Crippen LogP contribution is -2.34. The Labute approximate surface area is 153 Å². The van der Waals surface area contributed by atoms with Crippen LogP contribution in [0.3, 0.4) is 0 Å². The Bertz CT molecular complexity index is 1180. The van der Waals surface area contributed by atoms with Gasteiger partial charge in [0.05, 0.1) is 34.8 Å². The monoisotopic (exact) mass is 365 g/mol. The summed E-state index contributed by atoms with van der Waals surface area (Å²) in [5.74, 6) is -0.152. The molecular formula is C19H16FN5O2. The summed E-state index contributed by atoms with van der Waals surface area (Å²) in [6.07, 6.45) is 1.30. The van der Waals surface area contributed by atoms with Gasteiger partial charge in [0, 0.05) is 7.05 Å². The number of aromatic amines is 1. The molecule has 1 N–H and O–H groups in total. The van der Waals surface area contributed by atoms with Gasteiger partial charge in [0.15, 0.2) is 0 Å². The minimum atomic E-state index is -0.521. The summed E-state index contributed by atoms with van der Waals surface area (Å²) in [6.45, 7) is 0.0902. The number of hydrogen-bond donors (Lipinski definition) is 1.